The lowest BCUT2D eigenvalue weighted by molar-refractivity contribution is 0.0600. The van der Waals surface area contributed by atoms with Gasteiger partial charge in [-0.3, -0.25) is 0 Å². The predicted molar refractivity (Wildman–Crippen MR) is 101 cm³/mol. The molecule has 0 amide bonds. The Bertz CT molecular complexity index is 809. The Morgan fingerprint density at radius 1 is 0.800 bits per heavy atom. The molecule has 0 bridgehead atoms. The van der Waals surface area contributed by atoms with Crippen LogP contribution < -0.4 is 5.32 Å². The molecule has 0 aliphatic rings. The van der Waals surface area contributed by atoms with Gasteiger partial charge in [0.05, 0.1) is 12.7 Å². The van der Waals surface area contributed by atoms with Gasteiger partial charge in [0, 0.05) is 12.2 Å². The number of nitrogens with one attached hydrogen (secondary N) is 1. The Hall–Kier alpha value is -3.07. The maximum absolute atomic E-state index is 11.4. The lowest BCUT2D eigenvalue weighted by Crippen LogP contribution is -2.03. The number of carbonyl (C=O) groups is 1. The molecule has 126 valence electrons. The molecule has 25 heavy (non-hydrogen) atoms. The average molecular weight is 331 g/mol. The van der Waals surface area contributed by atoms with Gasteiger partial charge in [0.15, 0.2) is 0 Å². The van der Waals surface area contributed by atoms with E-state index < -0.39 is 0 Å². The van der Waals surface area contributed by atoms with Gasteiger partial charge in [0.1, 0.15) is 0 Å². The van der Waals surface area contributed by atoms with Gasteiger partial charge >= 0.3 is 5.97 Å². The monoisotopic (exact) mass is 331 g/mol. The molecule has 0 aliphatic heterocycles. The standard InChI is InChI=1S/C22H21NO2/c1-25-22(24)20-11-7-19(8-12-20)16-23-21-13-9-18(10-14-21)15-17-5-3-2-4-6-17/h2-14,23H,15-16H2,1H3. The number of methoxy groups -OCH3 is 1. The van der Waals surface area contributed by atoms with E-state index in [0.717, 1.165) is 17.7 Å². The summed E-state index contributed by atoms with van der Waals surface area (Å²) in [5.41, 5.74) is 5.36. The second-order valence-corrected chi connectivity index (χ2v) is 5.90. The topological polar surface area (TPSA) is 38.3 Å². The van der Waals surface area contributed by atoms with Crippen LogP contribution in [-0.2, 0) is 17.7 Å². The molecule has 3 rings (SSSR count). The van der Waals surface area contributed by atoms with Crippen molar-refractivity contribution in [3.8, 4) is 0 Å². The van der Waals surface area contributed by atoms with Crippen LogP contribution >= 0.6 is 0 Å². The molecule has 0 heterocycles. The van der Waals surface area contributed by atoms with Crippen LogP contribution in [0.1, 0.15) is 27.0 Å². The molecule has 0 aromatic heterocycles. The van der Waals surface area contributed by atoms with Gasteiger partial charge < -0.3 is 10.1 Å². The summed E-state index contributed by atoms with van der Waals surface area (Å²) in [4.78, 5) is 11.4. The van der Waals surface area contributed by atoms with E-state index in [9.17, 15) is 4.79 Å². The quantitative estimate of drug-likeness (QED) is 0.667. The van der Waals surface area contributed by atoms with E-state index >= 15 is 0 Å². The van der Waals surface area contributed by atoms with Crippen molar-refractivity contribution < 1.29 is 9.53 Å². The second-order valence-electron chi connectivity index (χ2n) is 5.90. The minimum atomic E-state index is -0.312. The molecule has 3 heteroatoms. The highest BCUT2D eigenvalue weighted by atomic mass is 16.5. The minimum absolute atomic E-state index is 0.312. The number of carbonyl (C=O) groups excluding carboxylic acids is 1. The molecular weight excluding hydrogens is 310 g/mol. The van der Waals surface area contributed by atoms with Crippen LogP contribution in [0.3, 0.4) is 0 Å². The lowest BCUT2D eigenvalue weighted by Gasteiger charge is -2.08. The highest BCUT2D eigenvalue weighted by molar-refractivity contribution is 5.89. The van der Waals surface area contributed by atoms with Crippen molar-refractivity contribution in [2.24, 2.45) is 0 Å². The number of ether oxygens (including phenoxy) is 1. The fourth-order valence-electron chi connectivity index (χ4n) is 2.65. The third-order valence-corrected chi connectivity index (χ3v) is 4.08. The first-order chi connectivity index (χ1) is 12.2. The highest BCUT2D eigenvalue weighted by Gasteiger charge is 2.04. The SMILES string of the molecule is COC(=O)c1ccc(CNc2ccc(Cc3ccccc3)cc2)cc1. The lowest BCUT2D eigenvalue weighted by atomic mass is 10.0. The Balaban J connectivity index is 1.56. The molecule has 0 unspecified atom stereocenters. The van der Waals surface area contributed by atoms with E-state index in [1.807, 2.05) is 18.2 Å². The zero-order valence-corrected chi connectivity index (χ0v) is 14.2. The largest absolute Gasteiger partial charge is 0.465 e. The number of hydrogen-bond donors (Lipinski definition) is 1. The van der Waals surface area contributed by atoms with E-state index in [1.165, 1.54) is 18.2 Å². The molecule has 0 atom stereocenters. The van der Waals surface area contributed by atoms with Crippen LogP contribution in [0.2, 0.25) is 0 Å². The molecule has 3 aromatic carbocycles. The Labute approximate surface area is 148 Å². The summed E-state index contributed by atoms with van der Waals surface area (Å²) in [6.07, 6.45) is 0.941. The van der Waals surface area contributed by atoms with Crippen molar-refractivity contribution >= 4 is 11.7 Å². The van der Waals surface area contributed by atoms with Crippen LogP contribution in [0.25, 0.3) is 0 Å². The van der Waals surface area contributed by atoms with Crippen LogP contribution in [-0.4, -0.2) is 13.1 Å². The molecule has 0 aliphatic carbocycles. The molecule has 3 aromatic rings. The van der Waals surface area contributed by atoms with Crippen molar-refractivity contribution in [3.05, 3.63) is 101 Å². The van der Waals surface area contributed by atoms with Gasteiger partial charge in [0.25, 0.3) is 0 Å². The smallest absolute Gasteiger partial charge is 0.337 e. The number of esters is 1. The van der Waals surface area contributed by atoms with Gasteiger partial charge in [-0.15, -0.1) is 0 Å². The molecule has 0 spiro atoms. The van der Waals surface area contributed by atoms with E-state index in [2.05, 4.69) is 53.8 Å². The fraction of sp³-hybridized carbons (Fsp3) is 0.136. The summed E-state index contributed by atoms with van der Waals surface area (Å²) in [7, 11) is 1.39. The summed E-state index contributed by atoms with van der Waals surface area (Å²) in [5.74, 6) is -0.312. The minimum Gasteiger partial charge on any atom is -0.465 e. The highest BCUT2D eigenvalue weighted by Crippen LogP contribution is 2.15. The van der Waals surface area contributed by atoms with E-state index in [0.29, 0.717) is 12.1 Å². The second kappa shape index (κ2) is 8.15. The molecule has 1 N–H and O–H groups in total. The Morgan fingerprint density at radius 3 is 2.04 bits per heavy atom. The number of hydrogen-bond acceptors (Lipinski definition) is 3. The summed E-state index contributed by atoms with van der Waals surface area (Å²) >= 11 is 0. The summed E-state index contributed by atoms with van der Waals surface area (Å²) in [6, 6.07) is 26.4. The van der Waals surface area contributed by atoms with Crippen molar-refractivity contribution in [1.82, 2.24) is 0 Å². The maximum atomic E-state index is 11.4. The fourth-order valence-corrected chi connectivity index (χ4v) is 2.65. The van der Waals surface area contributed by atoms with Crippen molar-refractivity contribution in [2.75, 3.05) is 12.4 Å². The van der Waals surface area contributed by atoms with Crippen LogP contribution in [0, 0.1) is 0 Å². The Morgan fingerprint density at radius 2 is 1.40 bits per heavy atom. The molecule has 3 nitrogen and oxygen atoms in total. The maximum Gasteiger partial charge on any atom is 0.337 e. The zero-order chi connectivity index (χ0) is 17.5. The first-order valence-electron chi connectivity index (χ1n) is 8.28. The Kier molecular flexibility index (Phi) is 5.47. The van der Waals surface area contributed by atoms with Crippen LogP contribution in [0.4, 0.5) is 5.69 Å². The number of anilines is 1. The van der Waals surface area contributed by atoms with Gasteiger partial charge in [-0.25, -0.2) is 4.79 Å². The summed E-state index contributed by atoms with van der Waals surface area (Å²) in [5, 5.41) is 3.40. The first kappa shape index (κ1) is 16.8. The summed E-state index contributed by atoms with van der Waals surface area (Å²) < 4.78 is 4.70. The van der Waals surface area contributed by atoms with E-state index in [1.54, 1.807) is 12.1 Å². The first-order valence-corrected chi connectivity index (χ1v) is 8.28. The van der Waals surface area contributed by atoms with Gasteiger partial charge in [-0.2, -0.15) is 0 Å². The third-order valence-electron chi connectivity index (χ3n) is 4.08. The van der Waals surface area contributed by atoms with Crippen LogP contribution in [0.15, 0.2) is 78.9 Å². The predicted octanol–water partition coefficient (Wildman–Crippen LogP) is 4.68. The molecule has 0 radical (unpaired) electrons. The van der Waals surface area contributed by atoms with Gasteiger partial charge in [-0.05, 0) is 47.4 Å². The molecule has 0 saturated heterocycles. The number of rotatable bonds is 6. The average Bonchev–Trinajstić information content (AvgIpc) is 2.68. The van der Waals surface area contributed by atoms with Gasteiger partial charge in [0.2, 0.25) is 0 Å². The zero-order valence-electron chi connectivity index (χ0n) is 14.2. The summed E-state index contributed by atoms with van der Waals surface area (Å²) in [6.45, 7) is 0.708. The van der Waals surface area contributed by atoms with Crippen molar-refractivity contribution in [2.45, 2.75) is 13.0 Å². The third kappa shape index (κ3) is 4.70. The van der Waals surface area contributed by atoms with Crippen molar-refractivity contribution in [3.63, 3.8) is 0 Å². The number of benzene rings is 3. The van der Waals surface area contributed by atoms with Gasteiger partial charge in [-0.1, -0.05) is 54.6 Å². The van der Waals surface area contributed by atoms with Crippen molar-refractivity contribution in [1.29, 1.82) is 0 Å². The van der Waals surface area contributed by atoms with E-state index in [4.69, 9.17) is 4.74 Å². The van der Waals surface area contributed by atoms with E-state index in [-0.39, 0.29) is 5.97 Å². The molecular formula is C22H21NO2. The molecule has 0 fully saturated rings. The normalized spacial score (nSPS) is 10.3. The molecule has 0 saturated carbocycles. The van der Waals surface area contributed by atoms with Crippen LogP contribution in [0.5, 0.6) is 0 Å².